The molecule has 0 saturated heterocycles. The number of hydrogen-bond acceptors (Lipinski definition) is 0. The fourth-order valence-corrected chi connectivity index (χ4v) is 5.46. The lowest BCUT2D eigenvalue weighted by molar-refractivity contribution is 0.820. The molecule has 4 atom stereocenters. The van der Waals surface area contributed by atoms with E-state index in [2.05, 4.69) is 112 Å². The molecule has 0 fully saturated rings. The molecule has 1 aliphatic carbocycles. The van der Waals surface area contributed by atoms with E-state index in [9.17, 15) is 0 Å². The number of benzene rings is 2. The van der Waals surface area contributed by atoms with Crippen LogP contribution in [0.15, 0.2) is 48.5 Å². The molecule has 0 spiro atoms. The standard InChI is InChI=1S/C16H12Br4/c17-13-9-5-1-2-6-10(9)14(18)16(20)12-8-4-3-7-11(12)15(13)19/h1-8,13-16H/t13-,14-,15-,16-/m1/s1. The molecule has 4 heteroatoms. The van der Waals surface area contributed by atoms with E-state index in [1.807, 2.05) is 0 Å². The molecule has 0 heterocycles. The van der Waals surface area contributed by atoms with Crippen molar-refractivity contribution in [2.75, 3.05) is 0 Å². The molecule has 3 rings (SSSR count). The molecule has 0 nitrogen and oxygen atoms in total. The first-order valence-electron chi connectivity index (χ1n) is 6.35. The van der Waals surface area contributed by atoms with Gasteiger partial charge in [-0.3, -0.25) is 0 Å². The van der Waals surface area contributed by atoms with Crippen molar-refractivity contribution in [2.24, 2.45) is 0 Å². The van der Waals surface area contributed by atoms with Crippen molar-refractivity contribution in [2.45, 2.75) is 19.3 Å². The summed E-state index contributed by atoms with van der Waals surface area (Å²) in [5.74, 6) is 0. The summed E-state index contributed by atoms with van der Waals surface area (Å²) in [6.45, 7) is 0. The third-order valence-electron chi connectivity index (χ3n) is 3.69. The fourth-order valence-electron chi connectivity index (χ4n) is 2.66. The number of halogens is 4. The van der Waals surface area contributed by atoms with Crippen LogP contribution in [-0.2, 0) is 0 Å². The zero-order chi connectivity index (χ0) is 14.3. The lowest BCUT2D eigenvalue weighted by Gasteiger charge is -2.31. The molecule has 0 aromatic heterocycles. The molecule has 0 bridgehead atoms. The molecule has 2 aromatic rings. The summed E-state index contributed by atoms with van der Waals surface area (Å²) in [5, 5.41) is 0. The average molecular weight is 524 g/mol. The van der Waals surface area contributed by atoms with Crippen LogP contribution < -0.4 is 0 Å². The molecule has 20 heavy (non-hydrogen) atoms. The van der Waals surface area contributed by atoms with Gasteiger partial charge in [-0.1, -0.05) is 112 Å². The van der Waals surface area contributed by atoms with E-state index in [0.717, 1.165) is 0 Å². The molecule has 0 N–H and O–H groups in total. The van der Waals surface area contributed by atoms with E-state index in [1.165, 1.54) is 22.3 Å². The van der Waals surface area contributed by atoms with E-state index in [-0.39, 0.29) is 19.3 Å². The van der Waals surface area contributed by atoms with Gasteiger partial charge < -0.3 is 0 Å². The summed E-state index contributed by atoms with van der Waals surface area (Å²) in [6.07, 6.45) is 0. The average Bonchev–Trinajstić information content (AvgIpc) is 2.51. The Morgan fingerprint density at radius 1 is 0.450 bits per heavy atom. The van der Waals surface area contributed by atoms with E-state index in [4.69, 9.17) is 0 Å². The van der Waals surface area contributed by atoms with Crippen molar-refractivity contribution in [1.82, 2.24) is 0 Å². The van der Waals surface area contributed by atoms with Crippen LogP contribution in [0, 0.1) is 0 Å². The summed E-state index contributed by atoms with van der Waals surface area (Å²) in [7, 11) is 0. The zero-order valence-corrected chi connectivity index (χ0v) is 16.8. The van der Waals surface area contributed by atoms with Gasteiger partial charge in [0, 0.05) is 0 Å². The highest BCUT2D eigenvalue weighted by Crippen LogP contribution is 2.54. The first kappa shape index (κ1) is 15.3. The number of fused-ring (bicyclic) bond motifs is 2. The van der Waals surface area contributed by atoms with Crippen molar-refractivity contribution in [3.8, 4) is 0 Å². The Morgan fingerprint density at radius 2 is 0.650 bits per heavy atom. The van der Waals surface area contributed by atoms with Gasteiger partial charge in [-0.25, -0.2) is 0 Å². The predicted molar refractivity (Wildman–Crippen MR) is 99.6 cm³/mol. The van der Waals surface area contributed by atoms with Crippen molar-refractivity contribution < 1.29 is 0 Å². The molecule has 0 saturated carbocycles. The molecule has 0 unspecified atom stereocenters. The monoisotopic (exact) mass is 520 g/mol. The SMILES string of the molecule is Br[C@@H]1c2ccccc2[C@@H](Br)[C@H](Br)c2ccccc2[C@H]1Br. The molecule has 104 valence electrons. The van der Waals surface area contributed by atoms with E-state index in [0.29, 0.717) is 0 Å². The molecule has 0 radical (unpaired) electrons. The summed E-state index contributed by atoms with van der Waals surface area (Å²) in [6, 6.07) is 17.2. The minimum absolute atomic E-state index is 0.250. The Bertz CT molecular complexity index is 516. The van der Waals surface area contributed by atoms with Gasteiger partial charge >= 0.3 is 0 Å². The Morgan fingerprint density at radius 3 is 0.850 bits per heavy atom. The van der Waals surface area contributed by atoms with Crippen molar-refractivity contribution in [1.29, 1.82) is 0 Å². The molecule has 2 aromatic carbocycles. The van der Waals surface area contributed by atoms with Gasteiger partial charge in [-0.2, -0.15) is 0 Å². The van der Waals surface area contributed by atoms with Crippen molar-refractivity contribution in [3.05, 3.63) is 70.8 Å². The number of hydrogen-bond donors (Lipinski definition) is 0. The molecular formula is C16H12Br4. The predicted octanol–water partition coefficient (Wildman–Crippen LogP) is 7.14. The van der Waals surface area contributed by atoms with Crippen molar-refractivity contribution >= 4 is 63.7 Å². The number of alkyl halides is 4. The maximum absolute atomic E-state index is 3.87. The van der Waals surface area contributed by atoms with Crippen LogP contribution in [-0.4, -0.2) is 0 Å². The second-order valence-corrected chi connectivity index (χ2v) is 8.81. The lowest BCUT2D eigenvalue weighted by Crippen LogP contribution is -2.13. The van der Waals surface area contributed by atoms with Crippen LogP contribution in [0.5, 0.6) is 0 Å². The topological polar surface area (TPSA) is 0 Å². The maximum Gasteiger partial charge on any atom is 0.0564 e. The van der Waals surface area contributed by atoms with E-state index < -0.39 is 0 Å². The first-order valence-corrected chi connectivity index (χ1v) is 10.0. The normalized spacial score (nSPS) is 29.0. The van der Waals surface area contributed by atoms with Crippen LogP contribution in [0.3, 0.4) is 0 Å². The van der Waals surface area contributed by atoms with Gasteiger partial charge in [-0.05, 0) is 22.3 Å². The van der Waals surface area contributed by atoms with Gasteiger partial charge in [0.05, 0.1) is 19.3 Å². The van der Waals surface area contributed by atoms with Crippen molar-refractivity contribution in [3.63, 3.8) is 0 Å². The van der Waals surface area contributed by atoms with E-state index in [1.54, 1.807) is 0 Å². The smallest absolute Gasteiger partial charge is 0.0564 e. The summed E-state index contributed by atoms with van der Waals surface area (Å²) in [5.41, 5.74) is 5.32. The molecule has 0 aliphatic heterocycles. The van der Waals surface area contributed by atoms with Crippen LogP contribution in [0.25, 0.3) is 0 Å². The van der Waals surface area contributed by atoms with Gasteiger partial charge in [0.25, 0.3) is 0 Å². The van der Waals surface area contributed by atoms with E-state index >= 15 is 0 Å². The number of rotatable bonds is 0. The highest BCUT2D eigenvalue weighted by atomic mass is 79.9. The second kappa shape index (κ2) is 6.23. The highest BCUT2D eigenvalue weighted by Gasteiger charge is 2.33. The third-order valence-corrected chi connectivity index (χ3v) is 9.20. The Labute approximate surface area is 152 Å². The minimum atomic E-state index is 0.250. The van der Waals surface area contributed by atoms with Crippen LogP contribution in [0.4, 0.5) is 0 Å². The first-order chi connectivity index (χ1) is 9.61. The minimum Gasteiger partial charge on any atom is -0.0823 e. The largest absolute Gasteiger partial charge is 0.0823 e. The zero-order valence-electron chi connectivity index (χ0n) is 10.4. The Balaban J connectivity index is 2.22. The summed E-state index contributed by atoms with van der Waals surface area (Å²) < 4.78 is 0. The van der Waals surface area contributed by atoms with Crippen LogP contribution in [0.2, 0.25) is 0 Å². The summed E-state index contributed by atoms with van der Waals surface area (Å²) in [4.78, 5) is 1.000. The van der Waals surface area contributed by atoms with Gasteiger partial charge in [0.1, 0.15) is 0 Å². The molecule has 1 aliphatic rings. The quantitative estimate of drug-likeness (QED) is 0.322. The Kier molecular flexibility index (Phi) is 4.76. The molecular weight excluding hydrogens is 512 g/mol. The van der Waals surface area contributed by atoms with Crippen LogP contribution >= 0.6 is 63.7 Å². The van der Waals surface area contributed by atoms with Gasteiger partial charge in [0.15, 0.2) is 0 Å². The highest BCUT2D eigenvalue weighted by molar-refractivity contribution is 9.12. The maximum atomic E-state index is 3.87. The fraction of sp³-hybridized carbons (Fsp3) is 0.250. The van der Waals surface area contributed by atoms with Gasteiger partial charge in [0.2, 0.25) is 0 Å². The molecule has 0 amide bonds. The van der Waals surface area contributed by atoms with Gasteiger partial charge in [-0.15, -0.1) is 0 Å². The lowest BCUT2D eigenvalue weighted by atomic mass is 9.89. The van der Waals surface area contributed by atoms with Crippen LogP contribution in [0.1, 0.15) is 41.6 Å². The third kappa shape index (κ3) is 2.57. The second-order valence-electron chi connectivity index (χ2n) is 4.86. The summed E-state index contributed by atoms with van der Waals surface area (Å²) >= 11 is 15.5. The Hall–Kier alpha value is 0.360.